The van der Waals surface area contributed by atoms with Crippen molar-refractivity contribution in [2.75, 3.05) is 13.1 Å². The van der Waals surface area contributed by atoms with Crippen molar-refractivity contribution < 1.29 is 0 Å². The number of benzene rings is 1. The first-order valence-corrected chi connectivity index (χ1v) is 7.95. The van der Waals surface area contributed by atoms with Gasteiger partial charge in [0.2, 0.25) is 0 Å². The van der Waals surface area contributed by atoms with E-state index in [-0.39, 0.29) is 11.5 Å². The number of likely N-dealkylation sites (tertiary alicyclic amines) is 1. The van der Waals surface area contributed by atoms with Crippen LogP contribution in [0.3, 0.4) is 0 Å². The van der Waals surface area contributed by atoms with Crippen LogP contribution in [0.5, 0.6) is 0 Å². The van der Waals surface area contributed by atoms with Gasteiger partial charge in [0.1, 0.15) is 0 Å². The number of piperidine rings is 1. The first-order chi connectivity index (χ1) is 9.40. The van der Waals surface area contributed by atoms with Crippen LogP contribution in [-0.4, -0.2) is 24.0 Å². The lowest BCUT2D eigenvalue weighted by Gasteiger charge is -2.43. The predicted molar refractivity (Wildman–Crippen MR) is 86.6 cm³/mol. The van der Waals surface area contributed by atoms with Crippen molar-refractivity contribution in [3.05, 3.63) is 35.9 Å². The van der Waals surface area contributed by atoms with Gasteiger partial charge in [-0.1, -0.05) is 51.1 Å². The van der Waals surface area contributed by atoms with Crippen LogP contribution in [-0.2, 0) is 0 Å². The molecule has 1 aromatic rings. The fourth-order valence-corrected chi connectivity index (χ4v) is 3.33. The van der Waals surface area contributed by atoms with Crippen LogP contribution in [0, 0.1) is 11.3 Å². The van der Waals surface area contributed by atoms with Crippen LogP contribution in [0.4, 0.5) is 0 Å². The highest BCUT2D eigenvalue weighted by Crippen LogP contribution is 2.34. The Morgan fingerprint density at radius 1 is 1.20 bits per heavy atom. The lowest BCUT2D eigenvalue weighted by Crippen LogP contribution is -2.48. The molecule has 2 heteroatoms. The third-order valence-electron chi connectivity index (χ3n) is 4.86. The molecule has 112 valence electrons. The van der Waals surface area contributed by atoms with Crippen LogP contribution < -0.4 is 5.73 Å². The third kappa shape index (κ3) is 3.62. The molecule has 0 radical (unpaired) electrons. The summed E-state index contributed by atoms with van der Waals surface area (Å²) < 4.78 is 0. The molecule has 1 aliphatic heterocycles. The van der Waals surface area contributed by atoms with Crippen LogP contribution >= 0.6 is 0 Å². The molecule has 0 bridgehead atoms. The van der Waals surface area contributed by atoms with Crippen molar-refractivity contribution in [1.82, 2.24) is 4.90 Å². The molecule has 2 N–H and O–H groups in total. The zero-order valence-electron chi connectivity index (χ0n) is 13.5. The molecule has 1 fully saturated rings. The summed E-state index contributed by atoms with van der Waals surface area (Å²) in [5.41, 5.74) is 7.88. The number of hydrogen-bond donors (Lipinski definition) is 1. The predicted octanol–water partition coefficient (Wildman–Crippen LogP) is 3.83. The molecule has 1 heterocycles. The van der Waals surface area contributed by atoms with Gasteiger partial charge in [-0.3, -0.25) is 4.90 Å². The molecule has 1 aromatic carbocycles. The van der Waals surface area contributed by atoms with Gasteiger partial charge in [-0.05, 0) is 36.7 Å². The average Bonchev–Trinajstić information content (AvgIpc) is 2.43. The summed E-state index contributed by atoms with van der Waals surface area (Å²) in [7, 11) is 0. The van der Waals surface area contributed by atoms with E-state index in [2.05, 4.69) is 62.9 Å². The Morgan fingerprint density at radius 3 is 2.50 bits per heavy atom. The quantitative estimate of drug-likeness (QED) is 0.904. The van der Waals surface area contributed by atoms with Crippen LogP contribution in [0.1, 0.15) is 52.1 Å². The largest absolute Gasteiger partial charge is 0.323 e. The second kappa shape index (κ2) is 6.28. The minimum atomic E-state index is 0.0900. The molecule has 3 atom stereocenters. The SMILES string of the molecule is CC1CCC(C)N(CC(C)(C)C(N)c2ccccc2)C1. The lowest BCUT2D eigenvalue weighted by atomic mass is 9.79. The van der Waals surface area contributed by atoms with Gasteiger partial charge in [-0.15, -0.1) is 0 Å². The van der Waals surface area contributed by atoms with Gasteiger partial charge in [-0.2, -0.15) is 0 Å². The van der Waals surface area contributed by atoms with E-state index in [1.54, 1.807) is 0 Å². The Morgan fingerprint density at radius 2 is 1.85 bits per heavy atom. The fraction of sp³-hybridized carbons (Fsp3) is 0.667. The second-order valence-electron chi connectivity index (χ2n) is 7.34. The first-order valence-electron chi connectivity index (χ1n) is 7.95. The van der Waals surface area contributed by atoms with Gasteiger partial charge >= 0.3 is 0 Å². The molecule has 0 spiro atoms. The van der Waals surface area contributed by atoms with Gasteiger partial charge in [0.25, 0.3) is 0 Å². The van der Waals surface area contributed by atoms with E-state index in [0.29, 0.717) is 6.04 Å². The number of hydrogen-bond acceptors (Lipinski definition) is 2. The number of rotatable bonds is 4. The Labute approximate surface area is 124 Å². The van der Waals surface area contributed by atoms with Crippen molar-refractivity contribution in [3.8, 4) is 0 Å². The summed E-state index contributed by atoms with van der Waals surface area (Å²) in [5, 5.41) is 0. The zero-order valence-corrected chi connectivity index (χ0v) is 13.5. The average molecular weight is 274 g/mol. The normalized spacial score (nSPS) is 26.4. The summed E-state index contributed by atoms with van der Waals surface area (Å²) in [5.74, 6) is 0.815. The van der Waals surface area contributed by atoms with Crippen molar-refractivity contribution in [2.24, 2.45) is 17.1 Å². The molecule has 2 rings (SSSR count). The van der Waals surface area contributed by atoms with E-state index in [1.165, 1.54) is 24.9 Å². The van der Waals surface area contributed by atoms with Crippen LogP contribution in [0.25, 0.3) is 0 Å². The van der Waals surface area contributed by atoms with Gasteiger partial charge in [-0.25, -0.2) is 0 Å². The summed E-state index contributed by atoms with van der Waals surface area (Å²) in [6.07, 6.45) is 2.68. The highest BCUT2D eigenvalue weighted by molar-refractivity contribution is 5.20. The summed E-state index contributed by atoms with van der Waals surface area (Å²) in [6.45, 7) is 11.6. The van der Waals surface area contributed by atoms with Crippen molar-refractivity contribution in [2.45, 2.75) is 52.6 Å². The Bertz CT molecular complexity index is 413. The van der Waals surface area contributed by atoms with E-state index in [9.17, 15) is 0 Å². The minimum absolute atomic E-state index is 0.0900. The molecular weight excluding hydrogens is 244 g/mol. The summed E-state index contributed by atoms with van der Waals surface area (Å²) in [6, 6.07) is 11.3. The van der Waals surface area contributed by atoms with E-state index in [4.69, 9.17) is 5.73 Å². The minimum Gasteiger partial charge on any atom is -0.323 e. The molecule has 0 saturated carbocycles. The molecule has 2 nitrogen and oxygen atoms in total. The molecule has 1 aliphatic rings. The van der Waals surface area contributed by atoms with Crippen molar-refractivity contribution in [3.63, 3.8) is 0 Å². The Hall–Kier alpha value is -0.860. The maximum Gasteiger partial charge on any atom is 0.0359 e. The van der Waals surface area contributed by atoms with Crippen molar-refractivity contribution >= 4 is 0 Å². The molecule has 0 amide bonds. The van der Waals surface area contributed by atoms with Crippen molar-refractivity contribution in [1.29, 1.82) is 0 Å². The number of nitrogens with two attached hydrogens (primary N) is 1. The van der Waals surface area contributed by atoms with E-state index < -0.39 is 0 Å². The number of nitrogens with zero attached hydrogens (tertiary/aromatic N) is 1. The monoisotopic (exact) mass is 274 g/mol. The van der Waals surface area contributed by atoms with Gasteiger partial charge < -0.3 is 5.73 Å². The fourth-order valence-electron chi connectivity index (χ4n) is 3.33. The van der Waals surface area contributed by atoms with Gasteiger partial charge in [0.05, 0.1) is 0 Å². The standard InChI is InChI=1S/C18H30N2/c1-14-10-11-15(2)20(12-14)13-18(3,4)17(19)16-8-6-5-7-9-16/h5-9,14-15,17H,10-13,19H2,1-4H3. The molecular formula is C18H30N2. The zero-order chi connectivity index (χ0) is 14.8. The molecule has 0 aromatic heterocycles. The van der Waals surface area contributed by atoms with Crippen LogP contribution in [0.2, 0.25) is 0 Å². The molecule has 3 unspecified atom stereocenters. The molecule has 0 aliphatic carbocycles. The smallest absolute Gasteiger partial charge is 0.0359 e. The lowest BCUT2D eigenvalue weighted by molar-refractivity contribution is 0.0691. The highest BCUT2D eigenvalue weighted by atomic mass is 15.2. The Kier molecular flexibility index (Phi) is 4.87. The second-order valence-corrected chi connectivity index (χ2v) is 7.34. The van der Waals surface area contributed by atoms with Gasteiger partial charge in [0.15, 0.2) is 0 Å². The van der Waals surface area contributed by atoms with E-state index in [1.807, 2.05) is 0 Å². The van der Waals surface area contributed by atoms with E-state index in [0.717, 1.165) is 12.5 Å². The highest BCUT2D eigenvalue weighted by Gasteiger charge is 2.33. The maximum absolute atomic E-state index is 6.54. The summed E-state index contributed by atoms with van der Waals surface area (Å²) in [4.78, 5) is 2.64. The topological polar surface area (TPSA) is 29.3 Å². The first kappa shape index (κ1) is 15.5. The van der Waals surface area contributed by atoms with Gasteiger partial charge in [0, 0.05) is 25.2 Å². The molecule has 1 saturated heterocycles. The Balaban J connectivity index is 2.06. The van der Waals surface area contributed by atoms with E-state index >= 15 is 0 Å². The summed E-state index contributed by atoms with van der Waals surface area (Å²) >= 11 is 0. The molecule has 20 heavy (non-hydrogen) atoms. The maximum atomic E-state index is 6.54. The third-order valence-corrected chi connectivity index (χ3v) is 4.86. The van der Waals surface area contributed by atoms with Crippen LogP contribution in [0.15, 0.2) is 30.3 Å².